The summed E-state index contributed by atoms with van der Waals surface area (Å²) in [5.41, 5.74) is 0. The number of carbonyl (C=O) groups excluding carboxylic acids is 2. The molecule has 0 aromatic heterocycles. The third-order valence-corrected chi connectivity index (χ3v) is 6.83. The minimum absolute atomic E-state index is 0.0677. The number of allylic oxidation sites excluding steroid dienone is 14. The van der Waals surface area contributed by atoms with E-state index < -0.39 is 5.97 Å². The largest absolute Gasteiger partial charge is 0.480 e. The van der Waals surface area contributed by atoms with Gasteiger partial charge in [0.1, 0.15) is 12.6 Å². The molecule has 6 heteroatoms. The monoisotopic (exact) mass is 623 g/mol. The molecule has 0 aliphatic heterocycles. The zero-order valence-corrected chi connectivity index (χ0v) is 28.2. The molecule has 0 saturated heterocycles. The van der Waals surface area contributed by atoms with Crippen LogP contribution < -0.4 is 5.32 Å². The highest BCUT2D eigenvalue weighted by Crippen LogP contribution is 2.16. The van der Waals surface area contributed by atoms with Gasteiger partial charge in [-0.2, -0.15) is 0 Å². The lowest BCUT2D eigenvalue weighted by Crippen LogP contribution is -2.28. The average Bonchev–Trinajstić information content (AvgIpc) is 3.02. The maximum Gasteiger partial charge on any atom is 0.322 e. The molecule has 0 spiro atoms. The Bertz CT molecular complexity index is 954. The Hall–Kier alpha value is -3.41. The second-order valence-corrected chi connectivity index (χ2v) is 11.0. The standard InChI is InChI=1S/C39H61NO5/c1-3-5-7-8-9-10-11-12-13-14-15-16-17-18-19-20-21-22-23-24-25-26-30-34-39(44)45-36(31-6-4-2)32-28-27-29-33-37(41)40-35-38(42)43/h5,7,9-10,12-13,15-16,18-19,21-22,24-25,36H,3-4,6,8,11,14,17,20,23,26-35H2,1-2H3,(H,40,41)(H,42,43)/b7-5-,10-9-,13-12-,16-15-,19-18-,22-21-,25-24-. The summed E-state index contributed by atoms with van der Waals surface area (Å²) in [6, 6.07) is 0. The second kappa shape index (κ2) is 33.5. The molecule has 0 radical (unpaired) electrons. The van der Waals surface area contributed by atoms with E-state index in [9.17, 15) is 14.4 Å². The van der Waals surface area contributed by atoms with Crippen LogP contribution in [0, 0.1) is 0 Å². The lowest BCUT2D eigenvalue weighted by atomic mass is 10.0. The quantitative estimate of drug-likeness (QED) is 0.0491. The molecule has 2 N–H and O–H groups in total. The number of hydrogen-bond acceptors (Lipinski definition) is 4. The van der Waals surface area contributed by atoms with Crippen LogP contribution in [0.5, 0.6) is 0 Å². The van der Waals surface area contributed by atoms with Gasteiger partial charge in [0, 0.05) is 12.8 Å². The van der Waals surface area contributed by atoms with Crippen LogP contribution in [0.1, 0.15) is 129 Å². The van der Waals surface area contributed by atoms with Crippen LogP contribution >= 0.6 is 0 Å². The fourth-order valence-corrected chi connectivity index (χ4v) is 4.31. The zero-order valence-electron chi connectivity index (χ0n) is 28.2. The summed E-state index contributed by atoms with van der Waals surface area (Å²) in [4.78, 5) is 34.5. The Labute approximate surface area is 274 Å². The van der Waals surface area contributed by atoms with Crippen LogP contribution in [0.2, 0.25) is 0 Å². The van der Waals surface area contributed by atoms with Gasteiger partial charge in [-0.1, -0.05) is 118 Å². The third kappa shape index (κ3) is 33.3. The number of unbranched alkanes of at least 4 members (excludes halogenated alkanes) is 4. The van der Waals surface area contributed by atoms with Crippen molar-refractivity contribution in [3.63, 3.8) is 0 Å². The molecule has 0 aliphatic rings. The number of hydrogen-bond donors (Lipinski definition) is 2. The molecule has 0 aliphatic carbocycles. The molecule has 6 nitrogen and oxygen atoms in total. The Morgan fingerprint density at radius 1 is 0.600 bits per heavy atom. The second-order valence-electron chi connectivity index (χ2n) is 11.0. The lowest BCUT2D eigenvalue weighted by molar-refractivity contribution is -0.150. The SMILES string of the molecule is CC/C=C\C/C=C\C/C=C\C/C=C\C/C=C\C/C=C\C/C=C\CCCC(=O)OC(CCCC)CCCCCC(=O)NCC(=O)O. The van der Waals surface area contributed by atoms with Crippen molar-refractivity contribution >= 4 is 17.8 Å². The highest BCUT2D eigenvalue weighted by molar-refractivity contribution is 5.80. The minimum Gasteiger partial charge on any atom is -0.480 e. The van der Waals surface area contributed by atoms with Crippen LogP contribution in [-0.2, 0) is 19.1 Å². The number of carboxylic acids is 1. The van der Waals surface area contributed by atoms with Crippen LogP contribution in [0.25, 0.3) is 0 Å². The molecule has 0 heterocycles. The summed E-state index contributed by atoms with van der Waals surface area (Å²) in [6.45, 7) is 3.94. The number of ether oxygens (including phenoxy) is 1. The van der Waals surface area contributed by atoms with Gasteiger partial charge in [0.25, 0.3) is 0 Å². The van der Waals surface area contributed by atoms with Crippen molar-refractivity contribution in [2.24, 2.45) is 0 Å². The Kier molecular flexibility index (Phi) is 30.9. The van der Waals surface area contributed by atoms with Crippen molar-refractivity contribution in [1.82, 2.24) is 5.32 Å². The molecule has 0 bridgehead atoms. The maximum atomic E-state index is 12.4. The van der Waals surface area contributed by atoms with Crippen LogP contribution in [0.15, 0.2) is 85.1 Å². The smallest absolute Gasteiger partial charge is 0.322 e. The molecule has 1 atom stereocenters. The molecular formula is C39H61NO5. The van der Waals surface area contributed by atoms with Crippen molar-refractivity contribution < 1.29 is 24.2 Å². The maximum absolute atomic E-state index is 12.4. The summed E-state index contributed by atoms with van der Waals surface area (Å²) in [5, 5.41) is 11.0. The molecule has 45 heavy (non-hydrogen) atoms. The first-order chi connectivity index (χ1) is 22.0. The molecule has 0 aromatic carbocycles. The van der Waals surface area contributed by atoms with Crippen LogP contribution in [-0.4, -0.2) is 35.6 Å². The number of carboxylic acid groups (broad SMARTS) is 1. The van der Waals surface area contributed by atoms with Crippen molar-refractivity contribution in [1.29, 1.82) is 0 Å². The van der Waals surface area contributed by atoms with E-state index in [1.54, 1.807) is 0 Å². The molecular weight excluding hydrogens is 562 g/mol. The van der Waals surface area contributed by atoms with E-state index >= 15 is 0 Å². The topological polar surface area (TPSA) is 92.7 Å². The summed E-state index contributed by atoms with van der Waals surface area (Å²) in [5.74, 6) is -1.41. The van der Waals surface area contributed by atoms with Crippen LogP contribution in [0.3, 0.4) is 0 Å². The van der Waals surface area contributed by atoms with E-state index in [0.29, 0.717) is 19.3 Å². The van der Waals surface area contributed by atoms with Gasteiger partial charge < -0.3 is 15.2 Å². The number of nitrogens with one attached hydrogen (secondary N) is 1. The Balaban J connectivity index is 3.90. The van der Waals surface area contributed by atoms with E-state index in [1.165, 1.54) is 0 Å². The van der Waals surface area contributed by atoms with Crippen molar-refractivity contribution in [2.45, 2.75) is 136 Å². The highest BCUT2D eigenvalue weighted by Gasteiger charge is 2.14. The van der Waals surface area contributed by atoms with Crippen molar-refractivity contribution in [3.8, 4) is 0 Å². The number of aliphatic carboxylic acids is 1. The molecule has 0 saturated carbocycles. The lowest BCUT2D eigenvalue weighted by Gasteiger charge is -2.17. The number of carbonyl (C=O) groups is 3. The number of rotatable bonds is 29. The summed E-state index contributed by atoms with van der Waals surface area (Å²) in [7, 11) is 0. The third-order valence-electron chi connectivity index (χ3n) is 6.83. The summed E-state index contributed by atoms with van der Waals surface area (Å²) < 4.78 is 5.76. The fourth-order valence-electron chi connectivity index (χ4n) is 4.31. The van der Waals surface area contributed by atoms with Gasteiger partial charge in [0.05, 0.1) is 0 Å². The first-order valence-electron chi connectivity index (χ1n) is 17.2. The Morgan fingerprint density at radius 3 is 1.58 bits per heavy atom. The van der Waals surface area contributed by atoms with E-state index in [-0.39, 0.29) is 24.5 Å². The number of esters is 1. The van der Waals surface area contributed by atoms with Gasteiger partial charge in [-0.05, 0) is 83.5 Å². The van der Waals surface area contributed by atoms with Crippen molar-refractivity contribution in [2.75, 3.05) is 6.54 Å². The summed E-state index contributed by atoms with van der Waals surface area (Å²) in [6.07, 6.45) is 46.1. The molecule has 252 valence electrons. The Morgan fingerprint density at radius 2 is 1.09 bits per heavy atom. The van der Waals surface area contributed by atoms with Gasteiger partial charge in [-0.3, -0.25) is 14.4 Å². The predicted molar refractivity (Wildman–Crippen MR) is 189 cm³/mol. The molecule has 1 unspecified atom stereocenters. The summed E-state index contributed by atoms with van der Waals surface area (Å²) >= 11 is 0. The van der Waals surface area contributed by atoms with Crippen molar-refractivity contribution in [3.05, 3.63) is 85.1 Å². The average molecular weight is 624 g/mol. The van der Waals surface area contributed by atoms with E-state index in [1.807, 2.05) is 0 Å². The van der Waals surface area contributed by atoms with Gasteiger partial charge >= 0.3 is 11.9 Å². The molecule has 1 amide bonds. The zero-order chi connectivity index (χ0) is 33.1. The highest BCUT2D eigenvalue weighted by atomic mass is 16.5. The van der Waals surface area contributed by atoms with E-state index in [4.69, 9.17) is 9.84 Å². The molecule has 0 aromatic rings. The van der Waals surface area contributed by atoms with Crippen LogP contribution in [0.4, 0.5) is 0 Å². The normalized spacial score (nSPS) is 13.1. The van der Waals surface area contributed by atoms with Gasteiger partial charge in [-0.15, -0.1) is 0 Å². The van der Waals surface area contributed by atoms with E-state index in [2.05, 4.69) is 104 Å². The first kappa shape index (κ1) is 41.6. The number of amides is 1. The predicted octanol–water partition coefficient (Wildman–Crippen LogP) is 10.1. The van der Waals surface area contributed by atoms with E-state index in [0.717, 1.165) is 96.3 Å². The fraction of sp³-hybridized carbons (Fsp3) is 0.564. The van der Waals surface area contributed by atoms with Gasteiger partial charge in [-0.25, -0.2) is 0 Å². The first-order valence-corrected chi connectivity index (χ1v) is 17.2. The molecule has 0 fully saturated rings. The van der Waals surface area contributed by atoms with Gasteiger partial charge in [0.2, 0.25) is 5.91 Å². The minimum atomic E-state index is -1.04. The van der Waals surface area contributed by atoms with Gasteiger partial charge in [0.15, 0.2) is 0 Å². The molecule has 0 rings (SSSR count).